The van der Waals surface area contributed by atoms with Gasteiger partial charge in [0.15, 0.2) is 0 Å². The SMILES string of the molecule is Cc1ccc2cc(-c3cc4sc(-c5sc6c(Br)c(-c7sc8cc(-c9cc%10ccc(C)cc%10s9)sc8c7Br)sc6c5Br)c(Br)c4s3)sc2c1.Cc1ccc2cc(-c3cc4sc(-c5sc6c(Br)c(-c7sc8cc(-c9ccc%10cc(C)ccc%10c9)sc8c7Br)sc6c5Br)c(Br)c4s3)ccc2c1. The highest BCUT2D eigenvalue weighted by atomic mass is 79.9. The molecule has 0 spiro atoms. The number of rotatable bonds is 8. The molecular formula is C76H36Br8S14. The molecule has 0 atom stereocenters. The van der Waals surface area contributed by atoms with Crippen LogP contribution in [0.2, 0.25) is 0 Å². The fraction of sp³-hybridized carbons (Fsp3) is 0.0526. The van der Waals surface area contributed by atoms with E-state index in [1.807, 2.05) is 159 Å². The van der Waals surface area contributed by atoms with E-state index in [2.05, 4.69) is 301 Å². The maximum absolute atomic E-state index is 4.05. The van der Waals surface area contributed by atoms with Gasteiger partial charge in [0.25, 0.3) is 0 Å². The molecule has 0 nitrogen and oxygen atoms in total. The second kappa shape index (κ2) is 25.7. The molecule has 0 saturated heterocycles. The van der Waals surface area contributed by atoms with Crippen LogP contribution in [0.1, 0.15) is 22.3 Å². The summed E-state index contributed by atoms with van der Waals surface area (Å²) in [5.74, 6) is 0. The first kappa shape index (κ1) is 66.3. The molecule has 22 heteroatoms. The summed E-state index contributed by atoms with van der Waals surface area (Å²) >= 11 is 58.6. The van der Waals surface area contributed by atoms with Crippen LogP contribution in [0, 0.1) is 27.7 Å². The van der Waals surface area contributed by atoms with Gasteiger partial charge in [0, 0.05) is 57.5 Å². The lowest BCUT2D eigenvalue weighted by atomic mass is 10.0. The van der Waals surface area contributed by atoms with Gasteiger partial charge in [-0.1, -0.05) is 96.1 Å². The zero-order chi connectivity index (χ0) is 66.6. The van der Waals surface area contributed by atoms with E-state index in [4.69, 9.17) is 0 Å². The fourth-order valence-electron chi connectivity index (χ4n) is 12.5. The Morgan fingerprint density at radius 2 is 0.429 bits per heavy atom. The van der Waals surface area contributed by atoms with Crippen LogP contribution in [0.3, 0.4) is 0 Å². The molecule has 14 heterocycles. The maximum Gasteiger partial charge on any atom is 0.0618 e. The van der Waals surface area contributed by atoms with Crippen molar-refractivity contribution in [1.82, 2.24) is 0 Å². The standard InChI is InChI=1S/C40H20Br4S6.C36H16Br4S8/c1-17-3-5-21-13-23(9-7-19(21)11-17)25-15-27-33(45-25)29(41)35(47-27)37-31(43)39-40(49-37)32(44)38(50-39)36-30(42)34-28(48-36)16-26(46-34)24-10-8-20-12-18(2)4-6-22(20)14-24;1-13-3-5-15-9-19(41-17(15)7-13)21-11-23-29(43-21)25(37)31(45-23)33-27(39)35-36(47-33)28(40)34(48-35)32-26(38)30-24(46-32)12-22(44-30)20-10-16-6-4-14(2)8-18(16)42-20/h3-16H,1-2H3;3-12H,1-2H3. The minimum Gasteiger partial charge on any atom is -0.134 e. The minimum atomic E-state index is 1.18. The smallest absolute Gasteiger partial charge is 0.0618 e. The first-order valence-corrected chi connectivity index (χ1v) is 47.9. The predicted molar refractivity (Wildman–Crippen MR) is 482 cm³/mol. The quantitative estimate of drug-likeness (QED) is 0.142. The molecule has 0 amide bonds. The number of thiophene rings is 14. The van der Waals surface area contributed by atoms with Crippen LogP contribution < -0.4 is 0 Å². The van der Waals surface area contributed by atoms with Gasteiger partial charge >= 0.3 is 0 Å². The van der Waals surface area contributed by atoms with E-state index in [1.54, 1.807) is 0 Å². The average Bonchev–Trinajstić information content (AvgIpc) is 1.58. The van der Waals surface area contributed by atoms with Gasteiger partial charge in [0.1, 0.15) is 0 Å². The van der Waals surface area contributed by atoms with Crippen LogP contribution in [-0.2, 0) is 0 Å². The highest BCUT2D eigenvalue weighted by molar-refractivity contribution is 9.12. The van der Waals surface area contributed by atoms with Gasteiger partial charge in [0.05, 0.1) is 112 Å². The Labute approximate surface area is 684 Å². The molecule has 480 valence electrons. The summed E-state index contributed by atoms with van der Waals surface area (Å²) < 4.78 is 28.0. The molecule has 0 aliphatic rings. The van der Waals surface area contributed by atoms with Crippen molar-refractivity contribution in [3.63, 3.8) is 0 Å². The summed E-state index contributed by atoms with van der Waals surface area (Å²) in [6, 6.07) is 54.6. The van der Waals surface area contributed by atoms with Crippen molar-refractivity contribution in [2.45, 2.75) is 27.7 Å². The Kier molecular flexibility index (Phi) is 17.4. The van der Waals surface area contributed by atoms with Crippen LogP contribution in [0.5, 0.6) is 0 Å². The Balaban J connectivity index is 0.000000137. The van der Waals surface area contributed by atoms with E-state index in [-0.39, 0.29) is 0 Å². The number of aryl methyl sites for hydroxylation is 4. The van der Waals surface area contributed by atoms with E-state index in [9.17, 15) is 0 Å². The van der Waals surface area contributed by atoms with Crippen LogP contribution in [0.15, 0.2) is 181 Å². The second-order valence-corrected chi connectivity index (χ2v) is 44.9. The lowest BCUT2D eigenvalue weighted by molar-refractivity contribution is 1.51. The Morgan fingerprint density at radius 1 is 0.184 bits per heavy atom. The molecule has 0 aliphatic carbocycles. The van der Waals surface area contributed by atoms with Crippen molar-refractivity contribution in [1.29, 1.82) is 0 Å². The number of halogens is 8. The van der Waals surface area contributed by atoms with Crippen molar-refractivity contribution in [3.8, 4) is 79.4 Å². The molecule has 14 aromatic heterocycles. The van der Waals surface area contributed by atoms with Gasteiger partial charge in [-0.25, -0.2) is 0 Å². The molecule has 0 bridgehead atoms. The molecule has 6 aromatic carbocycles. The number of fused-ring (bicyclic) bond motifs is 10. The first-order valence-electron chi connectivity index (χ1n) is 30.1. The third-order valence-corrected chi connectivity index (χ3v) is 45.9. The Bertz CT molecular complexity index is 6350. The monoisotopic (exact) mass is 2030 g/mol. The van der Waals surface area contributed by atoms with Gasteiger partial charge in [-0.2, -0.15) is 0 Å². The molecule has 0 unspecified atom stereocenters. The van der Waals surface area contributed by atoms with Crippen LogP contribution in [0.4, 0.5) is 0 Å². The highest BCUT2D eigenvalue weighted by Gasteiger charge is 2.30. The van der Waals surface area contributed by atoms with E-state index < -0.39 is 0 Å². The van der Waals surface area contributed by atoms with Gasteiger partial charge in [-0.05, 0) is 270 Å². The fourth-order valence-corrected chi connectivity index (χ4v) is 39.3. The van der Waals surface area contributed by atoms with Gasteiger partial charge in [-0.3, -0.25) is 0 Å². The molecule has 0 aliphatic heterocycles. The first-order chi connectivity index (χ1) is 47.4. The average molecular weight is 2040 g/mol. The van der Waals surface area contributed by atoms with Gasteiger partial charge < -0.3 is 0 Å². The van der Waals surface area contributed by atoms with E-state index >= 15 is 0 Å². The van der Waals surface area contributed by atoms with E-state index in [0.29, 0.717) is 0 Å². The number of hydrogen-bond donors (Lipinski definition) is 0. The van der Waals surface area contributed by atoms with Crippen molar-refractivity contribution < 1.29 is 0 Å². The molecule has 0 N–H and O–H groups in total. The van der Waals surface area contributed by atoms with Crippen molar-refractivity contribution in [3.05, 3.63) is 204 Å². The van der Waals surface area contributed by atoms with Crippen molar-refractivity contribution in [2.24, 2.45) is 0 Å². The molecule has 0 fully saturated rings. The lowest BCUT2D eigenvalue weighted by Gasteiger charge is -2.03. The molecule has 98 heavy (non-hydrogen) atoms. The molecule has 20 aromatic rings. The summed E-state index contributed by atoms with van der Waals surface area (Å²) in [5.41, 5.74) is 7.76. The third kappa shape index (κ3) is 11.2. The van der Waals surface area contributed by atoms with Gasteiger partial charge in [-0.15, -0.1) is 159 Å². The van der Waals surface area contributed by atoms with Crippen molar-refractivity contribution in [2.75, 3.05) is 0 Å². The zero-order valence-electron chi connectivity index (χ0n) is 50.6. The summed E-state index contributed by atoms with van der Waals surface area (Å²) in [5, 5.41) is 7.80. The largest absolute Gasteiger partial charge is 0.134 e. The molecule has 0 radical (unpaired) electrons. The second-order valence-electron chi connectivity index (χ2n) is 23.9. The van der Waals surface area contributed by atoms with Gasteiger partial charge in [0.2, 0.25) is 0 Å². The Hall–Kier alpha value is -2.44. The predicted octanol–water partition coefficient (Wildman–Crippen LogP) is 36.4. The van der Waals surface area contributed by atoms with Crippen LogP contribution >= 0.6 is 286 Å². The highest BCUT2D eigenvalue weighted by Crippen LogP contribution is 2.62. The molecule has 0 saturated carbocycles. The molecular weight excluding hydrogens is 2000 g/mol. The molecule has 20 rings (SSSR count). The summed E-state index contributed by atoms with van der Waals surface area (Å²) in [4.78, 5) is 18.3. The lowest BCUT2D eigenvalue weighted by Crippen LogP contribution is -1.77. The van der Waals surface area contributed by atoms with E-state index in [1.165, 1.54) is 236 Å². The normalized spacial score (nSPS) is 12.3. The zero-order valence-corrected chi connectivity index (χ0v) is 74.7. The van der Waals surface area contributed by atoms with Crippen molar-refractivity contribution >= 4 is 384 Å². The summed E-state index contributed by atoms with van der Waals surface area (Å²) in [6.07, 6.45) is 0. The summed E-state index contributed by atoms with van der Waals surface area (Å²) in [7, 11) is 0. The van der Waals surface area contributed by atoms with Crippen LogP contribution in [-0.4, -0.2) is 0 Å². The Morgan fingerprint density at radius 3 is 0.755 bits per heavy atom. The number of benzene rings is 6. The summed E-state index contributed by atoms with van der Waals surface area (Å²) in [6.45, 7) is 8.63. The van der Waals surface area contributed by atoms with E-state index in [0.717, 1.165) is 0 Å². The topological polar surface area (TPSA) is 0 Å². The van der Waals surface area contributed by atoms with Crippen LogP contribution in [0.25, 0.3) is 178 Å². The number of hydrogen-bond acceptors (Lipinski definition) is 14. The maximum atomic E-state index is 4.05. The minimum absolute atomic E-state index is 1.18. The third-order valence-electron chi connectivity index (χ3n) is 17.3.